The maximum atomic E-state index is 12.3. The average Bonchev–Trinajstić information content (AvgIpc) is 3.16. The molecule has 0 heterocycles. The minimum atomic E-state index is -2.89. The van der Waals surface area contributed by atoms with Crippen LogP contribution in [0.4, 0.5) is 8.78 Å². The first kappa shape index (κ1) is 15.0. The summed E-state index contributed by atoms with van der Waals surface area (Å²) >= 11 is 0. The molecule has 0 radical (unpaired) electrons. The highest BCUT2D eigenvalue weighted by Crippen LogP contribution is 2.58. The van der Waals surface area contributed by atoms with Crippen molar-refractivity contribution >= 4 is 0 Å². The predicted molar refractivity (Wildman–Crippen MR) is 70.2 cm³/mol. The lowest BCUT2D eigenvalue weighted by molar-refractivity contribution is -0.0514. The van der Waals surface area contributed by atoms with Crippen molar-refractivity contribution in [3.63, 3.8) is 0 Å². The van der Waals surface area contributed by atoms with E-state index in [-0.39, 0.29) is 23.7 Å². The third-order valence-electron chi connectivity index (χ3n) is 3.80. The van der Waals surface area contributed by atoms with Crippen LogP contribution in [0, 0.1) is 5.41 Å². The monoisotopic (exact) mass is 287 g/mol. The second-order valence-electron chi connectivity index (χ2n) is 5.00. The van der Waals surface area contributed by atoms with Crippen molar-refractivity contribution < 1.29 is 23.4 Å². The van der Waals surface area contributed by atoms with E-state index in [2.05, 4.69) is 4.74 Å². The van der Waals surface area contributed by atoms with Crippen molar-refractivity contribution in [1.29, 1.82) is 0 Å². The van der Waals surface area contributed by atoms with E-state index in [4.69, 9.17) is 10.5 Å². The number of halogens is 2. The third-order valence-corrected chi connectivity index (χ3v) is 3.80. The van der Waals surface area contributed by atoms with E-state index in [1.54, 1.807) is 19.1 Å². The zero-order valence-corrected chi connectivity index (χ0v) is 11.3. The molecular formula is C14H19F2NO3. The summed E-state index contributed by atoms with van der Waals surface area (Å²) in [5.41, 5.74) is 6.33. The quantitative estimate of drug-likeness (QED) is 0.806. The van der Waals surface area contributed by atoms with Gasteiger partial charge in [-0.25, -0.2) is 0 Å². The van der Waals surface area contributed by atoms with E-state index in [0.717, 1.165) is 12.0 Å². The summed E-state index contributed by atoms with van der Waals surface area (Å²) in [6.45, 7) is -0.341. The summed E-state index contributed by atoms with van der Waals surface area (Å²) in [4.78, 5) is 0. The summed E-state index contributed by atoms with van der Waals surface area (Å²) in [5, 5.41) is 9.40. The molecule has 112 valence electrons. The fourth-order valence-electron chi connectivity index (χ4n) is 2.49. The van der Waals surface area contributed by atoms with Crippen molar-refractivity contribution in [1.82, 2.24) is 0 Å². The number of ether oxygens (including phenoxy) is 2. The van der Waals surface area contributed by atoms with Gasteiger partial charge >= 0.3 is 6.61 Å². The van der Waals surface area contributed by atoms with Gasteiger partial charge < -0.3 is 20.3 Å². The van der Waals surface area contributed by atoms with Gasteiger partial charge in [-0.15, -0.1) is 0 Å². The highest BCUT2D eigenvalue weighted by atomic mass is 19.3. The van der Waals surface area contributed by atoms with Crippen molar-refractivity contribution in [2.75, 3.05) is 19.8 Å². The maximum absolute atomic E-state index is 12.3. The molecule has 0 aromatic heterocycles. The minimum Gasteiger partial charge on any atom is -0.490 e. The van der Waals surface area contributed by atoms with Crippen molar-refractivity contribution in [2.45, 2.75) is 25.9 Å². The number of nitrogens with two attached hydrogens (primary N) is 1. The number of benzene rings is 1. The van der Waals surface area contributed by atoms with Crippen molar-refractivity contribution in [3.8, 4) is 11.5 Å². The molecule has 4 nitrogen and oxygen atoms in total. The highest BCUT2D eigenvalue weighted by Gasteiger charge is 2.53. The van der Waals surface area contributed by atoms with Crippen LogP contribution in [0.3, 0.4) is 0 Å². The molecule has 0 aliphatic heterocycles. The fraction of sp³-hybridized carbons (Fsp3) is 0.571. The Labute approximate surface area is 116 Å². The lowest BCUT2D eigenvalue weighted by Crippen LogP contribution is -2.21. The summed E-state index contributed by atoms with van der Waals surface area (Å²) in [5.74, 6) is 0.451. The molecule has 1 saturated carbocycles. The van der Waals surface area contributed by atoms with Gasteiger partial charge in [-0.05, 0) is 37.0 Å². The first-order valence-corrected chi connectivity index (χ1v) is 6.58. The summed E-state index contributed by atoms with van der Waals surface area (Å²) < 4.78 is 34.4. The summed E-state index contributed by atoms with van der Waals surface area (Å²) in [6, 6.07) is 4.89. The molecule has 1 aromatic carbocycles. The first-order valence-electron chi connectivity index (χ1n) is 6.58. The van der Waals surface area contributed by atoms with Gasteiger partial charge in [-0.3, -0.25) is 0 Å². The van der Waals surface area contributed by atoms with Gasteiger partial charge in [0.25, 0.3) is 0 Å². The summed E-state index contributed by atoms with van der Waals surface area (Å²) in [6.07, 6.45) is 0.792. The molecule has 20 heavy (non-hydrogen) atoms. The lowest BCUT2D eigenvalue weighted by atomic mass is 10.00. The molecule has 2 unspecified atom stereocenters. The van der Waals surface area contributed by atoms with Gasteiger partial charge in [-0.1, -0.05) is 6.07 Å². The Bertz CT molecular complexity index is 464. The molecule has 0 bridgehead atoms. The topological polar surface area (TPSA) is 64.7 Å². The predicted octanol–water partition coefficient (Wildman–Crippen LogP) is 2.11. The van der Waals surface area contributed by atoms with Crippen LogP contribution in [0.15, 0.2) is 18.2 Å². The van der Waals surface area contributed by atoms with E-state index < -0.39 is 6.61 Å². The van der Waals surface area contributed by atoms with E-state index in [9.17, 15) is 13.9 Å². The molecule has 1 fully saturated rings. The van der Waals surface area contributed by atoms with E-state index >= 15 is 0 Å². The lowest BCUT2D eigenvalue weighted by Gasteiger charge is -2.15. The van der Waals surface area contributed by atoms with Gasteiger partial charge in [0.2, 0.25) is 0 Å². The maximum Gasteiger partial charge on any atom is 0.387 e. The second kappa shape index (κ2) is 5.93. The van der Waals surface area contributed by atoms with Crippen LogP contribution in [-0.4, -0.2) is 31.5 Å². The van der Waals surface area contributed by atoms with Crippen LogP contribution < -0.4 is 15.2 Å². The zero-order chi connectivity index (χ0) is 14.8. The molecular weight excluding hydrogens is 268 g/mol. The highest BCUT2D eigenvalue weighted by molar-refractivity contribution is 5.46. The van der Waals surface area contributed by atoms with E-state index in [1.165, 1.54) is 6.07 Å². The summed E-state index contributed by atoms with van der Waals surface area (Å²) in [7, 11) is 0. The molecule has 1 aliphatic rings. The zero-order valence-electron chi connectivity index (χ0n) is 11.3. The van der Waals surface area contributed by atoms with Crippen LogP contribution >= 0.6 is 0 Å². The van der Waals surface area contributed by atoms with Crippen LogP contribution in [0.5, 0.6) is 11.5 Å². The van der Waals surface area contributed by atoms with Crippen LogP contribution in [-0.2, 0) is 0 Å². The first-order chi connectivity index (χ1) is 9.56. The molecule has 2 atom stereocenters. The Balaban J connectivity index is 2.22. The van der Waals surface area contributed by atoms with E-state index in [1.807, 2.05) is 0 Å². The smallest absolute Gasteiger partial charge is 0.387 e. The molecule has 3 N–H and O–H groups in total. The average molecular weight is 287 g/mol. The number of rotatable bonds is 7. The Morgan fingerprint density at radius 3 is 2.70 bits per heavy atom. The molecule has 1 aromatic rings. The number of aliphatic hydroxyl groups excluding tert-OH is 1. The van der Waals surface area contributed by atoms with Gasteiger partial charge in [-0.2, -0.15) is 8.78 Å². The van der Waals surface area contributed by atoms with Crippen LogP contribution in [0.25, 0.3) is 0 Å². The number of hydrogen-bond donors (Lipinski definition) is 2. The van der Waals surface area contributed by atoms with Crippen LogP contribution in [0.1, 0.15) is 24.8 Å². The Kier molecular flexibility index (Phi) is 4.45. The Hall–Kier alpha value is -1.40. The van der Waals surface area contributed by atoms with Gasteiger partial charge in [0.05, 0.1) is 13.2 Å². The minimum absolute atomic E-state index is 0.0213. The molecule has 0 saturated heterocycles. The van der Waals surface area contributed by atoms with Gasteiger partial charge in [0.15, 0.2) is 11.5 Å². The molecule has 0 amide bonds. The van der Waals surface area contributed by atoms with Crippen molar-refractivity contribution in [3.05, 3.63) is 23.8 Å². The van der Waals surface area contributed by atoms with Gasteiger partial charge in [0, 0.05) is 12.0 Å². The molecule has 2 rings (SSSR count). The third kappa shape index (κ3) is 2.86. The number of aliphatic hydroxyl groups is 1. The number of alkyl halides is 2. The van der Waals surface area contributed by atoms with Gasteiger partial charge in [0.1, 0.15) is 0 Å². The normalized spacial score (nSPS) is 24.8. The van der Waals surface area contributed by atoms with Crippen LogP contribution in [0.2, 0.25) is 0 Å². The SMILES string of the molecule is CCOc1cc(C2CC2(CN)CO)ccc1OC(F)F. The Morgan fingerprint density at radius 1 is 1.45 bits per heavy atom. The van der Waals surface area contributed by atoms with Crippen molar-refractivity contribution in [2.24, 2.45) is 11.1 Å². The Morgan fingerprint density at radius 2 is 2.20 bits per heavy atom. The van der Waals surface area contributed by atoms with E-state index in [0.29, 0.717) is 18.9 Å². The number of hydrogen-bond acceptors (Lipinski definition) is 4. The molecule has 6 heteroatoms. The molecule has 0 spiro atoms. The molecule has 1 aliphatic carbocycles. The second-order valence-corrected chi connectivity index (χ2v) is 5.00. The standard InChI is InChI=1S/C14H19F2NO3/c1-2-19-12-5-9(3-4-11(12)20-13(15)16)10-6-14(10,7-17)8-18/h3-5,10,13,18H,2,6-8,17H2,1H3. The largest absolute Gasteiger partial charge is 0.490 e. The fourth-order valence-corrected chi connectivity index (χ4v) is 2.49.